The molecule has 0 spiro atoms. The van der Waals surface area contributed by atoms with Crippen molar-refractivity contribution in [2.75, 3.05) is 18.0 Å². The van der Waals surface area contributed by atoms with E-state index >= 15 is 0 Å². The average Bonchev–Trinajstić information content (AvgIpc) is 2.74. The summed E-state index contributed by atoms with van der Waals surface area (Å²) < 4.78 is 0. The van der Waals surface area contributed by atoms with Gasteiger partial charge in [-0.05, 0) is 26.7 Å². The molecule has 0 radical (unpaired) electrons. The smallest absolute Gasteiger partial charge is 0.185 e. The molecule has 1 aromatic heterocycles. The van der Waals surface area contributed by atoms with E-state index in [-0.39, 0.29) is 0 Å². The highest BCUT2D eigenvalue weighted by Crippen LogP contribution is 2.23. The molecule has 2 rings (SSSR count). The van der Waals surface area contributed by atoms with Gasteiger partial charge in [0, 0.05) is 30.6 Å². The lowest BCUT2D eigenvalue weighted by Gasteiger charge is -2.31. The third-order valence-electron chi connectivity index (χ3n) is 2.77. The molecule has 86 valence electrons. The predicted molar refractivity (Wildman–Crippen MR) is 68.7 cm³/mol. The SMILES string of the molecule is CC#CNC1CCN(c2nc(C)cs2)CC1. The van der Waals surface area contributed by atoms with Crippen molar-refractivity contribution < 1.29 is 0 Å². The summed E-state index contributed by atoms with van der Waals surface area (Å²) in [5, 5.41) is 6.52. The van der Waals surface area contributed by atoms with E-state index in [0.29, 0.717) is 6.04 Å². The van der Waals surface area contributed by atoms with Crippen LogP contribution in [0.1, 0.15) is 25.5 Å². The largest absolute Gasteiger partial charge is 0.348 e. The molecule has 16 heavy (non-hydrogen) atoms. The molecule has 1 aliphatic rings. The van der Waals surface area contributed by atoms with Crippen molar-refractivity contribution in [3.05, 3.63) is 11.1 Å². The van der Waals surface area contributed by atoms with E-state index in [1.54, 1.807) is 11.3 Å². The minimum absolute atomic E-state index is 0.546. The van der Waals surface area contributed by atoms with E-state index in [9.17, 15) is 0 Å². The van der Waals surface area contributed by atoms with E-state index in [1.165, 1.54) is 0 Å². The molecule has 0 aliphatic carbocycles. The van der Waals surface area contributed by atoms with Gasteiger partial charge in [0.15, 0.2) is 5.13 Å². The number of anilines is 1. The molecule has 1 N–H and O–H groups in total. The van der Waals surface area contributed by atoms with Crippen LogP contribution in [0.25, 0.3) is 0 Å². The lowest BCUT2D eigenvalue weighted by atomic mass is 10.1. The van der Waals surface area contributed by atoms with Crippen LogP contribution in [0.4, 0.5) is 5.13 Å². The van der Waals surface area contributed by atoms with E-state index in [0.717, 1.165) is 36.8 Å². The number of nitrogens with zero attached hydrogens (tertiary/aromatic N) is 2. The van der Waals surface area contributed by atoms with Crippen LogP contribution in [0.15, 0.2) is 5.38 Å². The molecule has 3 nitrogen and oxygen atoms in total. The van der Waals surface area contributed by atoms with Gasteiger partial charge in [0.1, 0.15) is 0 Å². The van der Waals surface area contributed by atoms with Gasteiger partial charge in [-0.15, -0.1) is 11.3 Å². The first-order valence-electron chi connectivity index (χ1n) is 5.64. The molecule has 4 heteroatoms. The van der Waals surface area contributed by atoms with Gasteiger partial charge in [-0.1, -0.05) is 5.92 Å². The summed E-state index contributed by atoms with van der Waals surface area (Å²) >= 11 is 1.74. The Bertz CT molecular complexity index is 394. The van der Waals surface area contributed by atoms with Gasteiger partial charge in [-0.25, -0.2) is 4.98 Å². The van der Waals surface area contributed by atoms with Crippen LogP contribution in [0, 0.1) is 18.9 Å². The highest BCUT2D eigenvalue weighted by Gasteiger charge is 2.20. The number of piperidine rings is 1. The summed E-state index contributed by atoms with van der Waals surface area (Å²) in [6.45, 7) is 6.07. The molecule has 2 heterocycles. The fourth-order valence-corrected chi connectivity index (χ4v) is 2.73. The van der Waals surface area contributed by atoms with Crippen molar-refractivity contribution in [1.82, 2.24) is 10.3 Å². The van der Waals surface area contributed by atoms with Gasteiger partial charge < -0.3 is 10.2 Å². The number of rotatable bonds is 2. The predicted octanol–water partition coefficient (Wildman–Crippen LogP) is 1.99. The van der Waals surface area contributed by atoms with Gasteiger partial charge in [0.25, 0.3) is 0 Å². The number of hydrogen-bond acceptors (Lipinski definition) is 4. The minimum atomic E-state index is 0.546. The first kappa shape index (κ1) is 11.3. The minimum Gasteiger partial charge on any atom is -0.348 e. The van der Waals surface area contributed by atoms with Crippen molar-refractivity contribution in [2.24, 2.45) is 0 Å². The van der Waals surface area contributed by atoms with Gasteiger partial charge in [0.2, 0.25) is 0 Å². The van der Waals surface area contributed by atoms with E-state index in [1.807, 2.05) is 13.8 Å². The molecule has 0 bridgehead atoms. The number of nitrogens with one attached hydrogen (secondary N) is 1. The first-order valence-corrected chi connectivity index (χ1v) is 6.52. The lowest BCUT2D eigenvalue weighted by molar-refractivity contribution is 0.461. The third kappa shape index (κ3) is 2.67. The van der Waals surface area contributed by atoms with Gasteiger partial charge in [-0.3, -0.25) is 0 Å². The van der Waals surface area contributed by atoms with Gasteiger partial charge in [0.05, 0.1) is 5.69 Å². The van der Waals surface area contributed by atoms with Gasteiger partial charge in [-0.2, -0.15) is 0 Å². The molecule has 0 aromatic carbocycles. The molecule has 1 fully saturated rings. The quantitative estimate of drug-likeness (QED) is 0.627. The van der Waals surface area contributed by atoms with Crippen molar-refractivity contribution in [3.8, 4) is 12.0 Å². The molecular weight excluding hydrogens is 218 g/mol. The monoisotopic (exact) mass is 235 g/mol. The number of aryl methyl sites for hydroxylation is 1. The van der Waals surface area contributed by atoms with Crippen molar-refractivity contribution in [1.29, 1.82) is 0 Å². The van der Waals surface area contributed by atoms with Crippen LogP contribution < -0.4 is 10.2 Å². The second kappa shape index (κ2) is 5.22. The Balaban J connectivity index is 1.87. The maximum atomic E-state index is 4.52. The number of aromatic nitrogens is 1. The molecular formula is C12H17N3S. The van der Waals surface area contributed by atoms with Crippen LogP contribution in [-0.4, -0.2) is 24.1 Å². The Morgan fingerprint density at radius 1 is 1.50 bits per heavy atom. The average molecular weight is 235 g/mol. The van der Waals surface area contributed by atoms with Crippen LogP contribution in [-0.2, 0) is 0 Å². The Kier molecular flexibility index (Phi) is 3.68. The second-order valence-corrected chi connectivity index (χ2v) is 4.89. The van der Waals surface area contributed by atoms with Crippen LogP contribution >= 0.6 is 11.3 Å². The molecule has 1 aromatic rings. The highest BCUT2D eigenvalue weighted by atomic mass is 32.1. The van der Waals surface area contributed by atoms with Gasteiger partial charge >= 0.3 is 0 Å². The fraction of sp³-hybridized carbons (Fsp3) is 0.583. The second-order valence-electron chi connectivity index (χ2n) is 4.05. The Labute approximate surface area is 101 Å². The summed E-state index contributed by atoms with van der Waals surface area (Å²) in [6, 6.07) is 3.49. The van der Waals surface area contributed by atoms with Crippen LogP contribution in [0.3, 0.4) is 0 Å². The summed E-state index contributed by atoms with van der Waals surface area (Å²) in [7, 11) is 0. The summed E-state index contributed by atoms with van der Waals surface area (Å²) in [5.74, 6) is 2.88. The van der Waals surface area contributed by atoms with E-state index in [4.69, 9.17) is 0 Å². The Morgan fingerprint density at radius 3 is 2.81 bits per heavy atom. The fourth-order valence-electron chi connectivity index (χ4n) is 1.88. The highest BCUT2D eigenvalue weighted by molar-refractivity contribution is 7.13. The van der Waals surface area contributed by atoms with Crippen molar-refractivity contribution in [3.63, 3.8) is 0 Å². The zero-order chi connectivity index (χ0) is 11.4. The summed E-state index contributed by atoms with van der Waals surface area (Å²) in [6.07, 6.45) is 2.29. The van der Waals surface area contributed by atoms with Crippen LogP contribution in [0.5, 0.6) is 0 Å². The molecule has 1 aliphatic heterocycles. The molecule has 0 atom stereocenters. The molecule has 0 saturated carbocycles. The molecule has 1 saturated heterocycles. The summed E-state index contributed by atoms with van der Waals surface area (Å²) in [5.41, 5.74) is 1.12. The summed E-state index contributed by atoms with van der Waals surface area (Å²) in [4.78, 5) is 6.89. The van der Waals surface area contributed by atoms with Crippen LogP contribution in [0.2, 0.25) is 0 Å². The van der Waals surface area contributed by atoms with Crippen molar-refractivity contribution in [2.45, 2.75) is 32.7 Å². The maximum absolute atomic E-state index is 4.52. The Hall–Kier alpha value is -1.21. The normalized spacial score (nSPS) is 16.8. The standard InChI is InChI=1S/C12H17N3S/c1-3-6-13-11-4-7-15(8-5-11)12-14-10(2)9-16-12/h9,11,13H,4-5,7-8H2,1-2H3. The number of hydrogen-bond donors (Lipinski definition) is 1. The maximum Gasteiger partial charge on any atom is 0.185 e. The Morgan fingerprint density at radius 2 is 2.25 bits per heavy atom. The zero-order valence-electron chi connectivity index (χ0n) is 9.79. The molecule has 0 unspecified atom stereocenters. The topological polar surface area (TPSA) is 28.2 Å². The number of thiazole rings is 1. The molecule has 0 amide bonds. The first-order chi connectivity index (χ1) is 7.79. The van der Waals surface area contributed by atoms with E-state index in [2.05, 4.69) is 32.5 Å². The third-order valence-corrected chi connectivity index (χ3v) is 3.79. The lowest BCUT2D eigenvalue weighted by Crippen LogP contribution is -2.41. The van der Waals surface area contributed by atoms with Crippen molar-refractivity contribution >= 4 is 16.5 Å². The zero-order valence-corrected chi connectivity index (χ0v) is 10.6. The van der Waals surface area contributed by atoms with E-state index < -0.39 is 0 Å².